The van der Waals surface area contributed by atoms with Crippen LogP contribution in [0.3, 0.4) is 0 Å². The Labute approximate surface area is 157 Å². The minimum atomic E-state index is 0.320. The Morgan fingerprint density at radius 2 is 1.77 bits per heavy atom. The van der Waals surface area contributed by atoms with Crippen molar-refractivity contribution in [2.75, 3.05) is 52.5 Å². The van der Waals surface area contributed by atoms with Gasteiger partial charge in [-0.1, -0.05) is 24.3 Å². The maximum atomic E-state index is 12.6. The fourth-order valence-electron chi connectivity index (χ4n) is 3.88. The highest BCUT2D eigenvalue weighted by atomic mass is 16.5. The van der Waals surface area contributed by atoms with Crippen molar-refractivity contribution in [1.29, 1.82) is 0 Å². The van der Waals surface area contributed by atoms with Crippen LogP contribution in [0.1, 0.15) is 30.9 Å². The van der Waals surface area contributed by atoms with E-state index in [2.05, 4.69) is 52.8 Å². The third-order valence-electron chi connectivity index (χ3n) is 5.83. The van der Waals surface area contributed by atoms with Gasteiger partial charge in [0.1, 0.15) is 0 Å². The lowest BCUT2D eigenvalue weighted by Gasteiger charge is -2.36. The molecule has 2 saturated heterocycles. The van der Waals surface area contributed by atoms with Gasteiger partial charge in [0.2, 0.25) is 5.91 Å². The maximum absolute atomic E-state index is 12.6. The molecule has 0 spiro atoms. The molecule has 3 rings (SSSR count). The van der Waals surface area contributed by atoms with E-state index in [0.29, 0.717) is 18.4 Å². The standard InChI is InChI=1S/C21H33N3O2/c1-18-5-3-4-6-20(18)17-22-9-11-24(12-10-22)21(25)8-7-19(2)23-13-15-26-16-14-23/h3-6,19H,7-17H2,1-2H3/t19-/m0/s1. The van der Waals surface area contributed by atoms with Gasteiger partial charge >= 0.3 is 0 Å². The first-order chi connectivity index (χ1) is 12.6. The second-order valence-corrected chi connectivity index (χ2v) is 7.62. The first-order valence-electron chi connectivity index (χ1n) is 10.00. The average Bonchev–Trinajstić information content (AvgIpc) is 2.69. The summed E-state index contributed by atoms with van der Waals surface area (Å²) in [5, 5.41) is 0. The van der Waals surface area contributed by atoms with E-state index in [9.17, 15) is 4.79 Å². The highest BCUT2D eigenvalue weighted by Crippen LogP contribution is 2.14. The predicted octanol–water partition coefficient (Wildman–Crippen LogP) is 2.14. The Hall–Kier alpha value is -1.43. The minimum Gasteiger partial charge on any atom is -0.379 e. The number of aryl methyl sites for hydroxylation is 1. The van der Waals surface area contributed by atoms with Crippen LogP contribution in [0.5, 0.6) is 0 Å². The SMILES string of the molecule is Cc1ccccc1CN1CCN(C(=O)CC[C@H](C)N2CCOCC2)CC1. The Bertz CT molecular complexity index is 578. The van der Waals surface area contributed by atoms with Crippen molar-refractivity contribution in [2.45, 2.75) is 39.3 Å². The summed E-state index contributed by atoms with van der Waals surface area (Å²) in [5.41, 5.74) is 2.75. The lowest BCUT2D eigenvalue weighted by molar-refractivity contribution is -0.133. The average molecular weight is 360 g/mol. The molecule has 2 aliphatic rings. The van der Waals surface area contributed by atoms with Gasteiger partial charge in [-0.3, -0.25) is 14.6 Å². The molecule has 26 heavy (non-hydrogen) atoms. The molecular weight excluding hydrogens is 326 g/mol. The Kier molecular flexibility index (Phi) is 7.06. The third-order valence-corrected chi connectivity index (χ3v) is 5.83. The summed E-state index contributed by atoms with van der Waals surface area (Å²) in [6, 6.07) is 9.04. The third kappa shape index (κ3) is 5.29. The van der Waals surface area contributed by atoms with Crippen LogP contribution < -0.4 is 0 Å². The monoisotopic (exact) mass is 359 g/mol. The van der Waals surface area contributed by atoms with E-state index in [0.717, 1.165) is 65.4 Å². The molecule has 1 atom stereocenters. The predicted molar refractivity (Wildman–Crippen MR) is 104 cm³/mol. The molecule has 0 aromatic heterocycles. The van der Waals surface area contributed by atoms with E-state index in [-0.39, 0.29) is 0 Å². The van der Waals surface area contributed by atoms with Crippen molar-refractivity contribution in [1.82, 2.24) is 14.7 Å². The van der Waals surface area contributed by atoms with E-state index in [1.165, 1.54) is 11.1 Å². The summed E-state index contributed by atoms with van der Waals surface area (Å²) in [5.74, 6) is 0.320. The Balaban J connectivity index is 1.38. The zero-order valence-corrected chi connectivity index (χ0v) is 16.3. The molecule has 0 bridgehead atoms. The highest BCUT2D eigenvalue weighted by molar-refractivity contribution is 5.76. The normalized spacial score (nSPS) is 20.9. The number of piperazine rings is 1. The van der Waals surface area contributed by atoms with Gasteiger partial charge in [0.15, 0.2) is 0 Å². The van der Waals surface area contributed by atoms with Crippen molar-refractivity contribution in [3.05, 3.63) is 35.4 Å². The number of morpholine rings is 1. The molecule has 0 radical (unpaired) electrons. The highest BCUT2D eigenvalue weighted by Gasteiger charge is 2.23. The van der Waals surface area contributed by atoms with Crippen LogP contribution in [0, 0.1) is 6.92 Å². The molecule has 1 amide bonds. The second-order valence-electron chi connectivity index (χ2n) is 7.62. The molecule has 5 nitrogen and oxygen atoms in total. The van der Waals surface area contributed by atoms with Crippen molar-refractivity contribution in [3.63, 3.8) is 0 Å². The smallest absolute Gasteiger partial charge is 0.222 e. The van der Waals surface area contributed by atoms with E-state index in [1.54, 1.807) is 0 Å². The lowest BCUT2D eigenvalue weighted by atomic mass is 10.1. The molecule has 0 N–H and O–H groups in total. The van der Waals surface area contributed by atoms with E-state index < -0.39 is 0 Å². The Morgan fingerprint density at radius 3 is 2.46 bits per heavy atom. The van der Waals surface area contributed by atoms with E-state index in [4.69, 9.17) is 4.74 Å². The van der Waals surface area contributed by atoms with Crippen LogP contribution in [0.4, 0.5) is 0 Å². The number of carbonyl (C=O) groups is 1. The van der Waals surface area contributed by atoms with Crippen LogP contribution in [0.25, 0.3) is 0 Å². The fourth-order valence-corrected chi connectivity index (χ4v) is 3.88. The first kappa shape index (κ1) is 19.3. The van der Waals surface area contributed by atoms with Gasteiger partial charge in [0, 0.05) is 58.3 Å². The molecule has 0 unspecified atom stereocenters. The number of nitrogens with zero attached hydrogens (tertiary/aromatic N) is 3. The van der Waals surface area contributed by atoms with Gasteiger partial charge in [-0.05, 0) is 31.4 Å². The van der Waals surface area contributed by atoms with Crippen molar-refractivity contribution in [3.8, 4) is 0 Å². The van der Waals surface area contributed by atoms with Crippen molar-refractivity contribution in [2.24, 2.45) is 0 Å². The summed E-state index contributed by atoms with van der Waals surface area (Å²) in [7, 11) is 0. The number of benzene rings is 1. The van der Waals surface area contributed by atoms with Gasteiger partial charge < -0.3 is 9.64 Å². The van der Waals surface area contributed by atoms with Crippen LogP contribution in [-0.4, -0.2) is 79.1 Å². The molecular formula is C21H33N3O2. The first-order valence-corrected chi connectivity index (χ1v) is 10.00. The molecule has 144 valence electrons. The van der Waals surface area contributed by atoms with E-state index >= 15 is 0 Å². The number of ether oxygens (including phenoxy) is 1. The number of rotatable bonds is 6. The largest absolute Gasteiger partial charge is 0.379 e. The lowest BCUT2D eigenvalue weighted by Crippen LogP contribution is -2.48. The number of hydrogen-bond acceptors (Lipinski definition) is 4. The number of carbonyl (C=O) groups excluding carboxylic acids is 1. The summed E-state index contributed by atoms with van der Waals surface area (Å²) >= 11 is 0. The summed E-state index contributed by atoms with van der Waals surface area (Å²) < 4.78 is 5.41. The second kappa shape index (κ2) is 9.49. The summed E-state index contributed by atoms with van der Waals surface area (Å²) in [6.07, 6.45) is 1.61. The summed E-state index contributed by atoms with van der Waals surface area (Å²) in [6.45, 7) is 12.7. The van der Waals surface area contributed by atoms with Crippen LogP contribution in [0.2, 0.25) is 0 Å². The number of amides is 1. The van der Waals surface area contributed by atoms with Crippen LogP contribution in [0.15, 0.2) is 24.3 Å². The molecule has 2 heterocycles. The minimum absolute atomic E-state index is 0.320. The van der Waals surface area contributed by atoms with Gasteiger partial charge in [-0.25, -0.2) is 0 Å². The molecule has 0 saturated carbocycles. The topological polar surface area (TPSA) is 36.0 Å². The van der Waals surface area contributed by atoms with Gasteiger partial charge in [0.05, 0.1) is 13.2 Å². The van der Waals surface area contributed by atoms with Crippen molar-refractivity contribution >= 4 is 5.91 Å². The molecule has 2 fully saturated rings. The van der Waals surface area contributed by atoms with Crippen LogP contribution >= 0.6 is 0 Å². The van der Waals surface area contributed by atoms with Crippen molar-refractivity contribution < 1.29 is 9.53 Å². The molecule has 5 heteroatoms. The Morgan fingerprint density at radius 1 is 1.08 bits per heavy atom. The molecule has 2 aliphatic heterocycles. The quantitative estimate of drug-likeness (QED) is 0.780. The van der Waals surface area contributed by atoms with Gasteiger partial charge in [-0.15, -0.1) is 0 Å². The molecule has 1 aromatic rings. The zero-order valence-electron chi connectivity index (χ0n) is 16.3. The maximum Gasteiger partial charge on any atom is 0.222 e. The fraction of sp³-hybridized carbons (Fsp3) is 0.667. The summed E-state index contributed by atoms with van der Waals surface area (Å²) in [4.78, 5) is 19.5. The van der Waals surface area contributed by atoms with E-state index in [1.807, 2.05) is 0 Å². The van der Waals surface area contributed by atoms with Crippen LogP contribution in [-0.2, 0) is 16.1 Å². The molecule has 1 aromatic carbocycles. The molecule has 0 aliphatic carbocycles. The van der Waals surface area contributed by atoms with Gasteiger partial charge in [0.25, 0.3) is 0 Å². The number of hydrogen-bond donors (Lipinski definition) is 0. The zero-order chi connectivity index (χ0) is 18.4. The van der Waals surface area contributed by atoms with Gasteiger partial charge in [-0.2, -0.15) is 0 Å².